The summed E-state index contributed by atoms with van der Waals surface area (Å²) in [6, 6.07) is 0. The van der Waals surface area contributed by atoms with E-state index in [0.717, 1.165) is 25.7 Å². The molecule has 0 radical (unpaired) electrons. The number of hydrogen-bond donors (Lipinski definition) is 0. The van der Waals surface area contributed by atoms with Gasteiger partial charge in [0, 0.05) is 12.3 Å². The molecule has 1 rings (SSSR count). The van der Waals surface area contributed by atoms with Gasteiger partial charge < -0.3 is 0 Å². The zero-order valence-electron chi connectivity index (χ0n) is 11.5. The first-order valence-electron chi connectivity index (χ1n) is 6.46. The van der Waals surface area contributed by atoms with Crippen LogP contribution >= 0.6 is 0 Å². The minimum Gasteiger partial charge on any atom is -0.299 e. The van der Waals surface area contributed by atoms with Crippen molar-refractivity contribution in [1.82, 2.24) is 0 Å². The van der Waals surface area contributed by atoms with E-state index in [4.69, 9.17) is 0 Å². The molecule has 0 aromatic rings. The van der Waals surface area contributed by atoms with E-state index in [9.17, 15) is 4.79 Å². The third-order valence-corrected chi connectivity index (χ3v) is 3.80. The zero-order valence-corrected chi connectivity index (χ0v) is 11.5. The highest BCUT2D eigenvalue weighted by atomic mass is 16.1. The SMILES string of the molecule is CC(C)=CC[C@H]1C[C@@H](C(C)(C)C)CCC1=O. The molecule has 92 valence electrons. The van der Waals surface area contributed by atoms with Gasteiger partial charge in [0.2, 0.25) is 0 Å². The fraction of sp³-hybridized carbons (Fsp3) is 0.800. The predicted octanol–water partition coefficient (Wildman–Crippen LogP) is 4.37. The van der Waals surface area contributed by atoms with E-state index in [1.807, 2.05) is 0 Å². The molecular weight excluding hydrogens is 196 g/mol. The molecule has 0 saturated heterocycles. The lowest BCUT2D eigenvalue weighted by Crippen LogP contribution is -2.31. The van der Waals surface area contributed by atoms with E-state index in [1.54, 1.807) is 0 Å². The number of carbonyl (C=O) groups is 1. The molecule has 1 saturated carbocycles. The van der Waals surface area contributed by atoms with E-state index in [-0.39, 0.29) is 5.92 Å². The van der Waals surface area contributed by atoms with Gasteiger partial charge in [-0.3, -0.25) is 4.79 Å². The van der Waals surface area contributed by atoms with E-state index >= 15 is 0 Å². The molecule has 0 aromatic carbocycles. The number of hydrogen-bond acceptors (Lipinski definition) is 1. The summed E-state index contributed by atoms with van der Waals surface area (Å²) in [6.45, 7) is 11.1. The smallest absolute Gasteiger partial charge is 0.136 e. The molecule has 0 bridgehead atoms. The third-order valence-electron chi connectivity index (χ3n) is 3.80. The van der Waals surface area contributed by atoms with Crippen molar-refractivity contribution in [1.29, 1.82) is 0 Å². The Kier molecular flexibility index (Phi) is 4.35. The normalized spacial score (nSPS) is 26.7. The summed E-state index contributed by atoms with van der Waals surface area (Å²) in [5, 5.41) is 0. The Labute approximate surface area is 100 Å². The highest BCUT2D eigenvalue weighted by molar-refractivity contribution is 5.81. The first-order chi connectivity index (χ1) is 7.30. The molecule has 16 heavy (non-hydrogen) atoms. The molecular formula is C15H26O. The van der Waals surface area contributed by atoms with Crippen molar-refractivity contribution >= 4 is 5.78 Å². The summed E-state index contributed by atoms with van der Waals surface area (Å²) in [4.78, 5) is 11.9. The van der Waals surface area contributed by atoms with Gasteiger partial charge in [-0.1, -0.05) is 32.4 Å². The van der Waals surface area contributed by atoms with Gasteiger partial charge in [-0.25, -0.2) is 0 Å². The van der Waals surface area contributed by atoms with E-state index < -0.39 is 0 Å². The minimum absolute atomic E-state index is 0.285. The van der Waals surface area contributed by atoms with Crippen LogP contribution in [0.4, 0.5) is 0 Å². The van der Waals surface area contributed by atoms with Crippen LogP contribution in [0.1, 0.15) is 60.3 Å². The topological polar surface area (TPSA) is 17.1 Å². The number of rotatable bonds is 2. The zero-order chi connectivity index (χ0) is 12.3. The second-order valence-electron chi connectivity index (χ2n) is 6.52. The van der Waals surface area contributed by atoms with Gasteiger partial charge in [0.25, 0.3) is 0 Å². The Morgan fingerprint density at radius 3 is 2.50 bits per heavy atom. The average Bonchev–Trinajstić information content (AvgIpc) is 2.14. The van der Waals surface area contributed by atoms with Gasteiger partial charge in [-0.2, -0.15) is 0 Å². The van der Waals surface area contributed by atoms with Crippen molar-refractivity contribution in [3.05, 3.63) is 11.6 Å². The van der Waals surface area contributed by atoms with Crippen LogP contribution in [0.3, 0.4) is 0 Å². The van der Waals surface area contributed by atoms with Crippen LogP contribution in [0.25, 0.3) is 0 Å². The van der Waals surface area contributed by atoms with Gasteiger partial charge in [-0.05, 0) is 44.4 Å². The monoisotopic (exact) mass is 222 g/mol. The summed E-state index contributed by atoms with van der Waals surface area (Å²) in [5.41, 5.74) is 1.68. The molecule has 1 fully saturated rings. The lowest BCUT2D eigenvalue weighted by atomic mass is 9.68. The van der Waals surface area contributed by atoms with Crippen LogP contribution in [0.2, 0.25) is 0 Å². The standard InChI is InChI=1S/C15H26O/c1-11(2)6-7-12-10-13(15(3,4)5)8-9-14(12)16/h6,12-13H,7-10H2,1-5H3/t12-,13-/m0/s1. The Hall–Kier alpha value is -0.590. The van der Waals surface area contributed by atoms with Gasteiger partial charge >= 0.3 is 0 Å². The molecule has 1 aliphatic rings. The second-order valence-corrected chi connectivity index (χ2v) is 6.52. The van der Waals surface area contributed by atoms with Crippen molar-refractivity contribution in [2.45, 2.75) is 60.3 Å². The molecule has 0 aromatic heterocycles. The van der Waals surface area contributed by atoms with Crippen molar-refractivity contribution in [3.8, 4) is 0 Å². The summed E-state index contributed by atoms with van der Waals surface area (Å²) >= 11 is 0. The molecule has 0 N–H and O–H groups in total. The molecule has 0 heterocycles. The predicted molar refractivity (Wildman–Crippen MR) is 69.3 cm³/mol. The highest BCUT2D eigenvalue weighted by Gasteiger charge is 2.34. The number of ketones is 1. The fourth-order valence-corrected chi connectivity index (χ4v) is 2.51. The fourth-order valence-electron chi connectivity index (χ4n) is 2.51. The lowest BCUT2D eigenvalue weighted by Gasteiger charge is -2.36. The molecule has 0 spiro atoms. The molecule has 0 amide bonds. The molecule has 1 nitrogen and oxygen atoms in total. The molecule has 0 aliphatic heterocycles. The van der Waals surface area contributed by atoms with Crippen LogP contribution < -0.4 is 0 Å². The van der Waals surface area contributed by atoms with Crippen molar-refractivity contribution < 1.29 is 4.79 Å². The summed E-state index contributed by atoms with van der Waals surface area (Å²) < 4.78 is 0. The highest BCUT2D eigenvalue weighted by Crippen LogP contribution is 2.39. The van der Waals surface area contributed by atoms with E-state index in [2.05, 4.69) is 40.7 Å². The van der Waals surface area contributed by atoms with Gasteiger partial charge in [0.1, 0.15) is 5.78 Å². The third kappa shape index (κ3) is 3.77. The van der Waals surface area contributed by atoms with Crippen LogP contribution in [0.15, 0.2) is 11.6 Å². The Balaban J connectivity index is 2.62. The van der Waals surface area contributed by atoms with Crippen molar-refractivity contribution in [2.75, 3.05) is 0 Å². The summed E-state index contributed by atoms with van der Waals surface area (Å²) in [5.74, 6) is 1.48. The number of carbonyl (C=O) groups excluding carboxylic acids is 1. The van der Waals surface area contributed by atoms with E-state index in [1.165, 1.54) is 5.57 Å². The van der Waals surface area contributed by atoms with Gasteiger partial charge in [0.15, 0.2) is 0 Å². The van der Waals surface area contributed by atoms with Crippen LogP contribution in [0.5, 0.6) is 0 Å². The van der Waals surface area contributed by atoms with Gasteiger partial charge in [-0.15, -0.1) is 0 Å². The summed E-state index contributed by atoms with van der Waals surface area (Å²) in [6.07, 6.45) is 6.14. The Bertz CT molecular complexity index is 276. The Morgan fingerprint density at radius 1 is 1.38 bits per heavy atom. The maximum Gasteiger partial charge on any atom is 0.136 e. The number of Topliss-reactive ketones (excluding diaryl/α,β-unsaturated/α-hetero) is 1. The maximum absolute atomic E-state index is 11.9. The molecule has 0 unspecified atom stereocenters. The molecule has 2 atom stereocenters. The van der Waals surface area contributed by atoms with Crippen molar-refractivity contribution in [3.63, 3.8) is 0 Å². The van der Waals surface area contributed by atoms with Gasteiger partial charge in [0.05, 0.1) is 0 Å². The average molecular weight is 222 g/mol. The number of allylic oxidation sites excluding steroid dienone is 2. The largest absolute Gasteiger partial charge is 0.299 e. The minimum atomic E-state index is 0.285. The molecule has 1 aliphatic carbocycles. The quantitative estimate of drug-likeness (QED) is 0.634. The lowest BCUT2D eigenvalue weighted by molar-refractivity contribution is -0.126. The first-order valence-corrected chi connectivity index (χ1v) is 6.46. The second kappa shape index (κ2) is 5.16. The first kappa shape index (κ1) is 13.5. The molecule has 1 heteroatoms. The van der Waals surface area contributed by atoms with Crippen LogP contribution in [-0.4, -0.2) is 5.78 Å². The Morgan fingerprint density at radius 2 is 2.00 bits per heavy atom. The maximum atomic E-state index is 11.9. The van der Waals surface area contributed by atoms with Crippen LogP contribution in [0, 0.1) is 17.3 Å². The summed E-state index contributed by atoms with van der Waals surface area (Å²) in [7, 11) is 0. The van der Waals surface area contributed by atoms with Crippen molar-refractivity contribution in [2.24, 2.45) is 17.3 Å². The van der Waals surface area contributed by atoms with Crippen LogP contribution in [-0.2, 0) is 4.79 Å². The van der Waals surface area contributed by atoms with E-state index in [0.29, 0.717) is 17.1 Å².